The van der Waals surface area contributed by atoms with Gasteiger partial charge in [-0.05, 0) is 77.0 Å². The molecule has 10 nitrogen and oxygen atoms in total. The molecule has 0 saturated carbocycles. The van der Waals surface area contributed by atoms with Crippen molar-refractivity contribution in [1.82, 2.24) is 0 Å². The highest BCUT2D eigenvalue weighted by atomic mass is 31.2. The molecule has 1 unspecified atom stereocenters. The lowest BCUT2D eigenvalue weighted by molar-refractivity contribution is -0.161. The third-order valence-electron chi connectivity index (χ3n) is 8.84. The number of aliphatic hydroxyl groups excluding tert-OH is 2. The lowest BCUT2D eigenvalue weighted by Gasteiger charge is -2.20. The van der Waals surface area contributed by atoms with Crippen molar-refractivity contribution in [3.63, 3.8) is 0 Å². The molecule has 0 radical (unpaired) electrons. The number of phosphoric acid groups is 1. The molecule has 57 heavy (non-hydrogen) atoms. The van der Waals surface area contributed by atoms with Crippen LogP contribution >= 0.6 is 7.82 Å². The van der Waals surface area contributed by atoms with E-state index < -0.39 is 51.8 Å². The van der Waals surface area contributed by atoms with Crippen LogP contribution in [0.3, 0.4) is 0 Å². The van der Waals surface area contributed by atoms with Crippen molar-refractivity contribution >= 4 is 19.8 Å². The van der Waals surface area contributed by atoms with Crippen molar-refractivity contribution in [2.45, 2.75) is 180 Å². The molecule has 3 N–H and O–H groups in total. The molecule has 0 rings (SSSR count). The largest absolute Gasteiger partial charge is 0.472 e. The Morgan fingerprint density at radius 1 is 0.544 bits per heavy atom. The summed E-state index contributed by atoms with van der Waals surface area (Å²) < 4.78 is 32.7. The predicted octanol–water partition coefficient (Wildman–Crippen LogP) is 11.7. The molecule has 0 amide bonds. The minimum atomic E-state index is -4.63. The summed E-state index contributed by atoms with van der Waals surface area (Å²) in [6.45, 7) is 2.18. The molecule has 328 valence electrons. The standard InChI is InChI=1S/C46H79O10P/c1-3-5-7-9-11-13-15-17-19-21-23-25-27-29-31-33-35-37-45(49)53-41-44(42-55-57(51,52)54-40-43(48)39-47)56-46(50)38-36-34-32-30-28-26-24-22-20-18-16-14-12-10-8-6-4-2/h5,7,11,13,17-20,23,25,29,31,43-44,47-48H,3-4,6,8-10,12,14-16,21-22,24,26-28,30,32-42H2,1-2H3,(H,51,52)/b7-5+,13-11+,19-17+,20-18+,25-23+,31-29+/t43-,44+/m0/s1. The molecule has 0 aliphatic heterocycles. The van der Waals surface area contributed by atoms with Gasteiger partial charge in [-0.2, -0.15) is 0 Å². The Balaban J connectivity index is 4.40. The molecule has 0 aromatic carbocycles. The van der Waals surface area contributed by atoms with E-state index in [1.54, 1.807) is 0 Å². The van der Waals surface area contributed by atoms with Gasteiger partial charge < -0.3 is 24.6 Å². The third-order valence-corrected chi connectivity index (χ3v) is 9.80. The predicted molar refractivity (Wildman–Crippen MR) is 233 cm³/mol. The van der Waals surface area contributed by atoms with E-state index in [0.29, 0.717) is 19.3 Å². The number of ether oxygens (including phenoxy) is 2. The maximum Gasteiger partial charge on any atom is 0.472 e. The third kappa shape index (κ3) is 41.4. The number of hydrogen-bond acceptors (Lipinski definition) is 9. The maximum absolute atomic E-state index is 12.6. The van der Waals surface area contributed by atoms with Crippen molar-refractivity contribution in [3.05, 3.63) is 72.9 Å². The normalized spacial score (nSPS) is 14.5. The first-order chi connectivity index (χ1) is 27.7. The Morgan fingerprint density at radius 2 is 0.982 bits per heavy atom. The molecule has 0 fully saturated rings. The van der Waals surface area contributed by atoms with E-state index in [4.69, 9.17) is 19.1 Å². The molecule has 3 atom stereocenters. The molecule has 0 spiro atoms. The minimum absolute atomic E-state index is 0.159. The van der Waals surface area contributed by atoms with Crippen molar-refractivity contribution in [1.29, 1.82) is 0 Å². The number of allylic oxidation sites excluding steroid dienone is 12. The van der Waals surface area contributed by atoms with Gasteiger partial charge >= 0.3 is 19.8 Å². The number of rotatable bonds is 40. The lowest BCUT2D eigenvalue weighted by Crippen LogP contribution is -2.29. The van der Waals surface area contributed by atoms with Crippen LogP contribution in [-0.2, 0) is 32.7 Å². The summed E-state index contributed by atoms with van der Waals surface area (Å²) in [5, 5.41) is 18.3. The number of unbranched alkanes of at least 4 members (excludes halogenated alkanes) is 14. The van der Waals surface area contributed by atoms with E-state index in [1.165, 1.54) is 64.2 Å². The van der Waals surface area contributed by atoms with E-state index in [2.05, 4.69) is 85.2 Å². The smallest absolute Gasteiger partial charge is 0.462 e. The Labute approximate surface area is 346 Å². The van der Waals surface area contributed by atoms with Crippen LogP contribution in [0, 0.1) is 0 Å². The van der Waals surface area contributed by atoms with Gasteiger partial charge in [0.05, 0.1) is 19.8 Å². The zero-order valence-electron chi connectivity index (χ0n) is 35.5. The number of carbonyl (C=O) groups is 2. The van der Waals surface area contributed by atoms with Crippen LogP contribution < -0.4 is 0 Å². The van der Waals surface area contributed by atoms with E-state index >= 15 is 0 Å². The molecule has 0 aliphatic rings. The number of phosphoric ester groups is 1. The van der Waals surface area contributed by atoms with Gasteiger partial charge in [-0.3, -0.25) is 18.6 Å². The fourth-order valence-electron chi connectivity index (χ4n) is 5.49. The first-order valence-electron chi connectivity index (χ1n) is 21.9. The summed E-state index contributed by atoms with van der Waals surface area (Å²) in [5.74, 6) is -1.00. The topological polar surface area (TPSA) is 149 Å². The number of hydrogen-bond donors (Lipinski definition) is 3. The summed E-state index contributed by atoms with van der Waals surface area (Å²) >= 11 is 0. The summed E-state index contributed by atoms with van der Waals surface area (Å²) in [7, 11) is -4.63. The van der Waals surface area contributed by atoms with Crippen molar-refractivity contribution in [3.8, 4) is 0 Å². The van der Waals surface area contributed by atoms with E-state index in [0.717, 1.165) is 57.8 Å². The Hall–Kier alpha value is -2.59. The zero-order valence-corrected chi connectivity index (χ0v) is 36.4. The molecule has 0 aliphatic carbocycles. The van der Waals surface area contributed by atoms with Crippen LogP contribution in [-0.4, -0.2) is 65.7 Å². The zero-order chi connectivity index (χ0) is 41.9. The van der Waals surface area contributed by atoms with Gasteiger partial charge in [0.1, 0.15) is 12.7 Å². The summed E-state index contributed by atoms with van der Waals surface area (Å²) in [5.41, 5.74) is 0. The molecule has 11 heteroatoms. The molecular weight excluding hydrogens is 743 g/mol. The maximum atomic E-state index is 12.6. The molecule has 0 saturated heterocycles. The van der Waals surface area contributed by atoms with Crippen molar-refractivity contribution in [2.24, 2.45) is 0 Å². The van der Waals surface area contributed by atoms with Crippen LogP contribution in [0.15, 0.2) is 72.9 Å². The molecule has 0 aromatic rings. The fraction of sp³-hybridized carbons (Fsp3) is 0.696. The Morgan fingerprint density at radius 3 is 1.53 bits per heavy atom. The SMILES string of the molecule is CC/C=C/C/C=C/C/C=C/C/C=C/C/C=C/CCCC(=O)OC[C@H](COP(=O)(O)OC[C@@H](O)CO)OC(=O)CCCCCCCCC/C=C/CCCCCCCC. The molecule has 0 aromatic heterocycles. The first kappa shape index (κ1) is 54.4. The van der Waals surface area contributed by atoms with Gasteiger partial charge in [0.2, 0.25) is 0 Å². The van der Waals surface area contributed by atoms with Gasteiger partial charge in [0.25, 0.3) is 0 Å². The fourth-order valence-corrected chi connectivity index (χ4v) is 6.28. The quantitative estimate of drug-likeness (QED) is 0.0236. The minimum Gasteiger partial charge on any atom is -0.462 e. The number of aliphatic hydroxyl groups is 2. The van der Waals surface area contributed by atoms with Gasteiger partial charge in [0.15, 0.2) is 6.10 Å². The number of carbonyl (C=O) groups excluding carboxylic acids is 2. The highest BCUT2D eigenvalue weighted by Gasteiger charge is 2.27. The highest BCUT2D eigenvalue weighted by molar-refractivity contribution is 7.47. The second-order valence-corrected chi connectivity index (χ2v) is 15.8. The molecular formula is C46H79O10P. The second-order valence-electron chi connectivity index (χ2n) is 14.3. The van der Waals surface area contributed by atoms with E-state index in [9.17, 15) is 24.2 Å². The van der Waals surface area contributed by atoms with E-state index in [1.807, 2.05) is 6.08 Å². The average Bonchev–Trinajstić information content (AvgIpc) is 3.20. The van der Waals surface area contributed by atoms with Crippen molar-refractivity contribution < 1.29 is 47.8 Å². The Kier molecular flexibility index (Phi) is 39.7. The van der Waals surface area contributed by atoms with Gasteiger partial charge in [0, 0.05) is 12.8 Å². The van der Waals surface area contributed by atoms with E-state index in [-0.39, 0.29) is 19.4 Å². The van der Waals surface area contributed by atoms with Crippen molar-refractivity contribution in [2.75, 3.05) is 26.4 Å². The summed E-state index contributed by atoms with van der Waals surface area (Å²) in [6, 6.07) is 0. The average molecular weight is 823 g/mol. The van der Waals surface area contributed by atoms with Gasteiger partial charge in [-0.1, -0.05) is 151 Å². The van der Waals surface area contributed by atoms with Crippen LogP contribution in [0.1, 0.15) is 168 Å². The first-order valence-corrected chi connectivity index (χ1v) is 23.4. The Bertz CT molecular complexity index is 1180. The van der Waals surface area contributed by atoms with Crippen LogP contribution in [0.4, 0.5) is 0 Å². The molecule has 0 bridgehead atoms. The van der Waals surface area contributed by atoms with Crippen LogP contribution in [0.2, 0.25) is 0 Å². The number of esters is 2. The highest BCUT2D eigenvalue weighted by Crippen LogP contribution is 2.43. The van der Waals surface area contributed by atoms with Crippen LogP contribution in [0.5, 0.6) is 0 Å². The van der Waals surface area contributed by atoms with Crippen LogP contribution in [0.25, 0.3) is 0 Å². The summed E-state index contributed by atoms with van der Waals surface area (Å²) in [6.07, 6.45) is 47.3. The monoisotopic (exact) mass is 823 g/mol. The van der Waals surface area contributed by atoms with Gasteiger partial charge in [-0.25, -0.2) is 4.57 Å². The second kappa shape index (κ2) is 41.6. The molecule has 0 heterocycles. The summed E-state index contributed by atoms with van der Waals surface area (Å²) in [4.78, 5) is 35.0. The van der Waals surface area contributed by atoms with Gasteiger partial charge in [-0.15, -0.1) is 0 Å². The lowest BCUT2D eigenvalue weighted by atomic mass is 10.1.